The van der Waals surface area contributed by atoms with E-state index >= 15 is 0 Å². The molecule has 0 bridgehead atoms. The van der Waals surface area contributed by atoms with Crippen LogP contribution in [0.2, 0.25) is 0 Å². The fourth-order valence-electron chi connectivity index (χ4n) is 1.51. The predicted molar refractivity (Wildman–Crippen MR) is 72.2 cm³/mol. The van der Waals surface area contributed by atoms with E-state index in [1.165, 1.54) is 6.42 Å². The summed E-state index contributed by atoms with van der Waals surface area (Å²) >= 11 is 0. The average molecular weight is 222 g/mol. The molecule has 1 rings (SSSR count). The van der Waals surface area contributed by atoms with Crippen molar-refractivity contribution in [2.24, 2.45) is 0 Å². The van der Waals surface area contributed by atoms with Gasteiger partial charge in [0, 0.05) is 0 Å². The number of phenolic OH excluding ortho intramolecular Hbond substituents is 1. The number of phenols is 1. The molecule has 0 atom stereocenters. The molecule has 0 aromatic heterocycles. The van der Waals surface area contributed by atoms with Gasteiger partial charge >= 0.3 is 0 Å². The fraction of sp³-hybridized carbons (Fsp3) is 0.600. The molecule has 0 spiro atoms. The standard InChI is InChI=1S/C12H18O.C3H8/c1-8(2)10-6-5-7-11(9(3)4)12(10)13;1-3-2/h5-9,13H,1-4H3;3H2,1-2H3. The molecule has 0 aliphatic heterocycles. The monoisotopic (exact) mass is 222 g/mol. The third kappa shape index (κ3) is 4.26. The van der Waals surface area contributed by atoms with Gasteiger partial charge in [-0.05, 0) is 23.0 Å². The second-order valence-corrected chi connectivity index (χ2v) is 4.80. The Hall–Kier alpha value is -0.980. The van der Waals surface area contributed by atoms with Gasteiger partial charge in [0.05, 0.1) is 0 Å². The van der Waals surface area contributed by atoms with Crippen LogP contribution in [0.1, 0.15) is 70.9 Å². The molecule has 0 saturated heterocycles. The Bertz CT molecular complexity index is 274. The molecule has 0 saturated carbocycles. The summed E-state index contributed by atoms with van der Waals surface area (Å²) in [5.41, 5.74) is 2.09. The largest absolute Gasteiger partial charge is 0.507 e. The summed E-state index contributed by atoms with van der Waals surface area (Å²) in [5, 5.41) is 9.93. The van der Waals surface area contributed by atoms with Crippen molar-refractivity contribution in [2.45, 2.75) is 59.8 Å². The second-order valence-electron chi connectivity index (χ2n) is 4.80. The van der Waals surface area contributed by atoms with Gasteiger partial charge in [0.1, 0.15) is 5.75 Å². The first-order valence-corrected chi connectivity index (χ1v) is 6.27. The number of hydrogen-bond acceptors (Lipinski definition) is 1. The Kier molecular flexibility index (Phi) is 6.87. The maximum absolute atomic E-state index is 9.93. The first kappa shape index (κ1) is 15.0. The zero-order chi connectivity index (χ0) is 12.7. The minimum absolute atomic E-state index is 0.388. The van der Waals surface area contributed by atoms with Gasteiger partial charge in [-0.1, -0.05) is 66.2 Å². The highest BCUT2D eigenvalue weighted by Gasteiger charge is 2.11. The van der Waals surface area contributed by atoms with E-state index in [2.05, 4.69) is 41.5 Å². The summed E-state index contributed by atoms with van der Waals surface area (Å²) in [5.74, 6) is 1.25. The minimum Gasteiger partial charge on any atom is -0.507 e. The molecule has 1 heteroatoms. The van der Waals surface area contributed by atoms with E-state index in [1.54, 1.807) is 0 Å². The van der Waals surface area contributed by atoms with Crippen molar-refractivity contribution in [1.29, 1.82) is 0 Å². The molecule has 0 amide bonds. The summed E-state index contributed by atoms with van der Waals surface area (Å²) in [4.78, 5) is 0. The zero-order valence-electron chi connectivity index (χ0n) is 11.5. The molecular formula is C15H26O. The topological polar surface area (TPSA) is 20.2 Å². The van der Waals surface area contributed by atoms with Crippen LogP contribution < -0.4 is 0 Å². The maximum Gasteiger partial charge on any atom is 0.122 e. The molecule has 1 N–H and O–H groups in total. The highest BCUT2D eigenvalue weighted by atomic mass is 16.3. The van der Waals surface area contributed by atoms with Gasteiger partial charge in [-0.25, -0.2) is 0 Å². The summed E-state index contributed by atoms with van der Waals surface area (Å²) in [6.07, 6.45) is 1.25. The molecule has 1 nitrogen and oxygen atoms in total. The van der Waals surface area contributed by atoms with Gasteiger partial charge in [-0.2, -0.15) is 0 Å². The Morgan fingerprint density at radius 3 is 1.50 bits per heavy atom. The minimum atomic E-state index is 0.388. The Morgan fingerprint density at radius 2 is 1.25 bits per heavy atom. The molecule has 1 aromatic carbocycles. The van der Waals surface area contributed by atoms with Crippen molar-refractivity contribution in [2.75, 3.05) is 0 Å². The summed E-state index contributed by atoms with van der Waals surface area (Å²) in [7, 11) is 0. The van der Waals surface area contributed by atoms with E-state index in [-0.39, 0.29) is 0 Å². The molecule has 0 fully saturated rings. The van der Waals surface area contributed by atoms with Crippen molar-refractivity contribution < 1.29 is 5.11 Å². The van der Waals surface area contributed by atoms with Crippen LogP contribution in [-0.4, -0.2) is 5.11 Å². The smallest absolute Gasteiger partial charge is 0.122 e. The Morgan fingerprint density at radius 1 is 0.938 bits per heavy atom. The van der Waals surface area contributed by atoms with Crippen molar-refractivity contribution >= 4 is 0 Å². The van der Waals surface area contributed by atoms with E-state index < -0.39 is 0 Å². The number of aromatic hydroxyl groups is 1. The maximum atomic E-state index is 9.93. The van der Waals surface area contributed by atoms with Crippen LogP contribution >= 0.6 is 0 Å². The SMILES string of the molecule is CC(C)c1cccc(C(C)C)c1O.CCC. The Labute approximate surface area is 101 Å². The zero-order valence-corrected chi connectivity index (χ0v) is 11.5. The highest BCUT2D eigenvalue weighted by Crippen LogP contribution is 2.32. The van der Waals surface area contributed by atoms with E-state index in [0.29, 0.717) is 17.6 Å². The van der Waals surface area contributed by atoms with Crippen LogP contribution in [0, 0.1) is 0 Å². The van der Waals surface area contributed by atoms with Crippen LogP contribution in [0.4, 0.5) is 0 Å². The number of rotatable bonds is 2. The quantitative estimate of drug-likeness (QED) is 0.742. The molecule has 0 heterocycles. The predicted octanol–water partition coefficient (Wildman–Crippen LogP) is 5.06. The molecule has 1 aromatic rings. The van der Waals surface area contributed by atoms with Gasteiger partial charge < -0.3 is 5.11 Å². The van der Waals surface area contributed by atoms with E-state index in [4.69, 9.17) is 0 Å². The van der Waals surface area contributed by atoms with E-state index in [9.17, 15) is 5.11 Å². The normalized spacial score (nSPS) is 10.2. The number of hydrogen-bond donors (Lipinski definition) is 1. The van der Waals surface area contributed by atoms with Crippen molar-refractivity contribution in [1.82, 2.24) is 0 Å². The van der Waals surface area contributed by atoms with Crippen molar-refractivity contribution in [3.8, 4) is 5.75 Å². The molecule has 0 unspecified atom stereocenters. The van der Waals surface area contributed by atoms with Gasteiger partial charge in [0.15, 0.2) is 0 Å². The summed E-state index contributed by atoms with van der Waals surface area (Å²) in [6, 6.07) is 6.00. The lowest BCUT2D eigenvalue weighted by atomic mass is 9.94. The highest BCUT2D eigenvalue weighted by molar-refractivity contribution is 5.43. The lowest BCUT2D eigenvalue weighted by Crippen LogP contribution is -1.94. The average Bonchev–Trinajstić information content (AvgIpc) is 2.18. The molecular weight excluding hydrogens is 196 g/mol. The van der Waals surface area contributed by atoms with E-state index in [0.717, 1.165) is 11.1 Å². The van der Waals surface area contributed by atoms with Crippen LogP contribution in [0.15, 0.2) is 18.2 Å². The fourth-order valence-corrected chi connectivity index (χ4v) is 1.51. The molecule has 16 heavy (non-hydrogen) atoms. The van der Waals surface area contributed by atoms with Gasteiger partial charge in [-0.3, -0.25) is 0 Å². The Balaban J connectivity index is 0.000000673. The first-order valence-electron chi connectivity index (χ1n) is 6.27. The van der Waals surface area contributed by atoms with Crippen LogP contribution in [-0.2, 0) is 0 Å². The number of para-hydroxylation sites is 1. The molecule has 92 valence electrons. The van der Waals surface area contributed by atoms with Gasteiger partial charge in [0.25, 0.3) is 0 Å². The van der Waals surface area contributed by atoms with Crippen LogP contribution in [0.5, 0.6) is 5.75 Å². The molecule has 0 radical (unpaired) electrons. The molecule has 0 aliphatic rings. The summed E-state index contributed by atoms with van der Waals surface area (Å²) in [6.45, 7) is 12.6. The van der Waals surface area contributed by atoms with Gasteiger partial charge in [0.2, 0.25) is 0 Å². The number of benzene rings is 1. The van der Waals surface area contributed by atoms with Crippen molar-refractivity contribution in [3.05, 3.63) is 29.3 Å². The van der Waals surface area contributed by atoms with Crippen LogP contribution in [0.3, 0.4) is 0 Å². The third-order valence-corrected chi connectivity index (χ3v) is 2.34. The third-order valence-electron chi connectivity index (χ3n) is 2.34. The molecule has 0 aliphatic carbocycles. The van der Waals surface area contributed by atoms with E-state index in [1.807, 2.05) is 18.2 Å². The first-order chi connectivity index (χ1) is 7.45. The lowest BCUT2D eigenvalue weighted by Gasteiger charge is -2.14. The lowest BCUT2D eigenvalue weighted by molar-refractivity contribution is 0.454. The van der Waals surface area contributed by atoms with Crippen LogP contribution in [0.25, 0.3) is 0 Å². The second kappa shape index (κ2) is 7.32. The van der Waals surface area contributed by atoms with Gasteiger partial charge in [-0.15, -0.1) is 0 Å². The summed E-state index contributed by atoms with van der Waals surface area (Å²) < 4.78 is 0. The van der Waals surface area contributed by atoms with Crippen molar-refractivity contribution in [3.63, 3.8) is 0 Å².